The van der Waals surface area contributed by atoms with Crippen molar-refractivity contribution < 1.29 is 41.7 Å². The fourth-order valence-corrected chi connectivity index (χ4v) is 1.99. The largest absolute Gasteiger partial charge is 0.545 e. The Balaban J connectivity index is 0. The third kappa shape index (κ3) is 12.4. The van der Waals surface area contributed by atoms with Gasteiger partial charge in [0.2, 0.25) is 0 Å². The summed E-state index contributed by atoms with van der Waals surface area (Å²) < 4.78 is 32.6. The summed E-state index contributed by atoms with van der Waals surface area (Å²) in [6, 6.07) is 2.58. The van der Waals surface area contributed by atoms with E-state index in [9.17, 15) is 28.2 Å². The fourth-order valence-electron chi connectivity index (χ4n) is 1.14. The zero-order chi connectivity index (χ0) is 22.9. The molecule has 162 valence electrons. The van der Waals surface area contributed by atoms with Crippen LogP contribution in [0.2, 0.25) is 0 Å². The van der Waals surface area contributed by atoms with Crippen LogP contribution in [0.1, 0.15) is 34.6 Å². The number of hydrogen-bond acceptors (Lipinski definition) is 6. The number of quaternary nitrogens is 2. The maximum Gasteiger partial charge on any atom is 0.295 e. The van der Waals surface area contributed by atoms with Crippen molar-refractivity contribution in [3.8, 4) is 0 Å². The summed E-state index contributed by atoms with van der Waals surface area (Å²) in [5.41, 5.74) is -1.88. The van der Waals surface area contributed by atoms with Gasteiger partial charge in [0, 0.05) is 11.1 Å². The average molecular weight is 421 g/mol. The van der Waals surface area contributed by atoms with Crippen LogP contribution in [0, 0.1) is 0 Å². The molecule has 28 heavy (non-hydrogen) atoms. The lowest BCUT2D eigenvalue weighted by Gasteiger charge is -2.20. The lowest BCUT2D eigenvalue weighted by molar-refractivity contribution is -0.868. The van der Waals surface area contributed by atoms with E-state index in [4.69, 9.17) is 4.55 Å². The molecule has 1 aromatic carbocycles. The monoisotopic (exact) mass is 420 g/mol. The molecule has 0 unspecified atom stereocenters. The minimum atomic E-state index is -5.00. The first-order valence-corrected chi connectivity index (χ1v) is 9.95. The van der Waals surface area contributed by atoms with Crippen LogP contribution in [-0.4, -0.2) is 89.3 Å². The highest BCUT2D eigenvalue weighted by Gasteiger charge is 2.21. The predicted octanol–water partition coefficient (Wildman–Crippen LogP) is -0.915. The topological polar surface area (TPSA) is 135 Å². The number of benzene rings is 1. The highest BCUT2D eigenvalue weighted by atomic mass is 32.2. The highest BCUT2D eigenvalue weighted by molar-refractivity contribution is 7.86. The second-order valence-electron chi connectivity index (χ2n) is 7.95. The molecule has 0 amide bonds. The molecule has 0 aliphatic rings. The van der Waals surface area contributed by atoms with E-state index in [1.54, 1.807) is 0 Å². The third-order valence-electron chi connectivity index (χ3n) is 3.61. The zero-order valence-corrected chi connectivity index (χ0v) is 18.7. The lowest BCUT2D eigenvalue weighted by Crippen LogP contribution is -2.33. The van der Waals surface area contributed by atoms with Crippen LogP contribution < -0.4 is 10.2 Å². The summed E-state index contributed by atoms with van der Waals surface area (Å²) in [6.45, 7) is 6.78. The van der Waals surface area contributed by atoms with Gasteiger partial charge in [-0.25, -0.2) is 0 Å². The molecule has 1 N–H and O–H groups in total. The molecule has 0 radical (unpaired) electrons. The van der Waals surface area contributed by atoms with Crippen LogP contribution in [0.15, 0.2) is 23.1 Å². The molecule has 0 atom stereocenters. The van der Waals surface area contributed by atoms with E-state index in [1.807, 2.05) is 0 Å². The molecule has 0 fully saturated rings. The molecule has 0 aliphatic carbocycles. The molecule has 1 rings (SSSR count). The van der Waals surface area contributed by atoms with E-state index in [-0.39, 0.29) is 0 Å². The molecule has 0 saturated carbocycles. The van der Waals surface area contributed by atoms with E-state index in [2.05, 4.69) is 56.1 Å². The fraction of sp³-hybridized carbons (Fsp3) is 0.556. The minimum Gasteiger partial charge on any atom is -0.545 e. The number of nitrogens with zero attached hydrogens (tertiary/aromatic N) is 2. The van der Waals surface area contributed by atoms with Crippen molar-refractivity contribution in [3.05, 3.63) is 29.3 Å². The van der Waals surface area contributed by atoms with Crippen LogP contribution >= 0.6 is 0 Å². The Morgan fingerprint density at radius 1 is 0.857 bits per heavy atom. The number of carbonyl (C=O) groups is 2. The van der Waals surface area contributed by atoms with E-state index >= 15 is 0 Å². The number of carboxylic acid groups (broad SMARTS) is 2. The number of rotatable bonds is 5. The van der Waals surface area contributed by atoms with E-state index < -0.39 is 38.1 Å². The number of aromatic carboxylic acids is 2. The molecule has 0 heterocycles. The van der Waals surface area contributed by atoms with Crippen LogP contribution in [0.25, 0.3) is 0 Å². The lowest BCUT2D eigenvalue weighted by atomic mass is 10.1. The Bertz CT molecular complexity index is 715. The highest BCUT2D eigenvalue weighted by Crippen LogP contribution is 2.19. The quantitative estimate of drug-likeness (QED) is 0.481. The van der Waals surface area contributed by atoms with Gasteiger partial charge in [-0.3, -0.25) is 4.55 Å². The van der Waals surface area contributed by atoms with Crippen molar-refractivity contribution in [2.24, 2.45) is 0 Å². The Morgan fingerprint density at radius 3 is 1.25 bits per heavy atom. The van der Waals surface area contributed by atoms with Crippen LogP contribution in [0.5, 0.6) is 0 Å². The van der Waals surface area contributed by atoms with Gasteiger partial charge < -0.3 is 28.8 Å². The summed E-state index contributed by atoms with van der Waals surface area (Å²) in [5, 5.41) is 21.1. The van der Waals surface area contributed by atoms with Gasteiger partial charge in [0.1, 0.15) is 4.90 Å². The summed E-state index contributed by atoms with van der Waals surface area (Å²) in [5.74, 6) is -3.84. The van der Waals surface area contributed by atoms with Gasteiger partial charge in [0.05, 0.1) is 67.3 Å². The van der Waals surface area contributed by atoms with E-state index in [0.29, 0.717) is 0 Å². The first kappa shape index (κ1) is 28.2. The van der Waals surface area contributed by atoms with Crippen molar-refractivity contribution in [2.75, 3.05) is 55.4 Å². The molecule has 0 spiro atoms. The molecule has 0 bridgehead atoms. The number of hydrogen-bond donors (Lipinski definition) is 1. The molecule has 0 saturated heterocycles. The molecular formula is C18H32N2O7S. The summed E-state index contributed by atoms with van der Waals surface area (Å²) in [6.07, 6.45) is 0. The second kappa shape index (κ2) is 11.1. The molecular weight excluding hydrogens is 388 g/mol. The molecule has 1 aromatic rings. The first-order valence-electron chi connectivity index (χ1n) is 8.51. The van der Waals surface area contributed by atoms with Crippen LogP contribution in [0.4, 0.5) is 0 Å². The molecule has 10 heteroatoms. The maximum absolute atomic E-state index is 10.9. The Hall–Kier alpha value is -2.01. The number of carboxylic acids is 2. The van der Waals surface area contributed by atoms with Crippen molar-refractivity contribution in [2.45, 2.75) is 18.7 Å². The number of carbonyl (C=O) groups excluding carboxylic acids is 2. The van der Waals surface area contributed by atoms with Gasteiger partial charge in [0.15, 0.2) is 0 Å². The molecule has 0 aromatic heterocycles. The molecule has 0 aliphatic heterocycles. The van der Waals surface area contributed by atoms with E-state index in [1.165, 1.54) is 13.1 Å². The van der Waals surface area contributed by atoms with Crippen molar-refractivity contribution in [1.29, 1.82) is 0 Å². The smallest absolute Gasteiger partial charge is 0.295 e. The van der Waals surface area contributed by atoms with Crippen LogP contribution in [-0.2, 0) is 10.1 Å². The standard InChI is InChI=1S/C8H6O7S.2C5H14N/c9-7(10)4-2-1-3-5(8(11)12)6(4)16(13,14)15;2*1-5-6(2,3)4/h1-3H,(H,9,10)(H,11,12)(H,13,14,15);2*5H2,1-4H3/q;2*+1/p-2. The first-order chi connectivity index (χ1) is 12.4. The minimum absolute atomic E-state index is 0.797. The zero-order valence-electron chi connectivity index (χ0n) is 17.8. The third-order valence-corrected chi connectivity index (χ3v) is 4.57. The Labute approximate surface area is 167 Å². The Kier molecular flexibility index (Phi) is 11.2. The van der Waals surface area contributed by atoms with Gasteiger partial charge in [-0.2, -0.15) is 8.42 Å². The van der Waals surface area contributed by atoms with Crippen molar-refractivity contribution in [3.63, 3.8) is 0 Å². The van der Waals surface area contributed by atoms with E-state index in [0.717, 1.165) is 27.2 Å². The second-order valence-corrected chi connectivity index (χ2v) is 9.30. The van der Waals surface area contributed by atoms with Gasteiger partial charge in [0.25, 0.3) is 10.1 Å². The maximum atomic E-state index is 10.9. The van der Waals surface area contributed by atoms with Crippen molar-refractivity contribution in [1.82, 2.24) is 0 Å². The summed E-state index contributed by atoms with van der Waals surface area (Å²) >= 11 is 0. The van der Waals surface area contributed by atoms with Crippen molar-refractivity contribution >= 4 is 22.1 Å². The SMILES string of the molecule is CC[N+](C)(C)C.CC[N+](C)(C)C.O=C([O-])c1cccc(C(=O)[O-])c1S(=O)(=O)O. The Morgan fingerprint density at radius 2 is 1.11 bits per heavy atom. The predicted molar refractivity (Wildman–Crippen MR) is 102 cm³/mol. The van der Waals surface area contributed by atoms with Gasteiger partial charge >= 0.3 is 0 Å². The van der Waals surface area contributed by atoms with Gasteiger partial charge in [-0.05, 0) is 13.8 Å². The van der Waals surface area contributed by atoms with Crippen LogP contribution in [0.3, 0.4) is 0 Å². The summed E-state index contributed by atoms with van der Waals surface area (Å²) in [7, 11) is 8.09. The van der Waals surface area contributed by atoms with Gasteiger partial charge in [-0.1, -0.05) is 18.2 Å². The average Bonchev–Trinajstić information content (AvgIpc) is 2.53. The van der Waals surface area contributed by atoms with Gasteiger partial charge in [-0.15, -0.1) is 0 Å². The molecule has 9 nitrogen and oxygen atoms in total. The normalized spacial score (nSPS) is 11.5. The summed E-state index contributed by atoms with van der Waals surface area (Å²) in [4.78, 5) is 19.8.